The molecule has 1 heterocycles. The van der Waals surface area contributed by atoms with E-state index < -0.39 is 26.4 Å². The largest absolute Gasteiger partial charge is 0.349 e. The molecule has 2 rings (SSSR count). The number of benzene rings is 1. The van der Waals surface area contributed by atoms with Crippen LogP contribution in [0.5, 0.6) is 0 Å². The minimum atomic E-state index is -3.65. The van der Waals surface area contributed by atoms with E-state index in [0.29, 0.717) is 0 Å². The molecular formula is C14H20ClN3O5S. The van der Waals surface area contributed by atoms with Crippen molar-refractivity contribution < 1.29 is 18.1 Å². The van der Waals surface area contributed by atoms with Gasteiger partial charge in [-0.25, -0.2) is 8.42 Å². The van der Waals surface area contributed by atoms with Gasteiger partial charge in [-0.2, -0.15) is 0 Å². The number of nitro benzene ring substituents is 1. The van der Waals surface area contributed by atoms with Gasteiger partial charge in [0.05, 0.1) is 9.82 Å². The van der Waals surface area contributed by atoms with Crippen molar-refractivity contribution in [1.82, 2.24) is 10.6 Å². The number of non-ortho nitro benzene ring substituents is 1. The summed E-state index contributed by atoms with van der Waals surface area (Å²) in [5, 5.41) is 17.0. The zero-order valence-corrected chi connectivity index (χ0v) is 14.9. The lowest BCUT2D eigenvalue weighted by atomic mass is 9.95. The van der Waals surface area contributed by atoms with E-state index in [9.17, 15) is 23.3 Å². The highest BCUT2D eigenvalue weighted by atomic mass is 35.5. The molecule has 1 amide bonds. The lowest BCUT2D eigenvalue weighted by molar-refractivity contribution is -0.385. The summed E-state index contributed by atoms with van der Waals surface area (Å²) in [6.45, 7) is 3.54. The molecule has 2 atom stereocenters. The number of halogens is 1. The fraction of sp³-hybridized carbons (Fsp3) is 0.500. The van der Waals surface area contributed by atoms with Gasteiger partial charge in [0.2, 0.25) is 0 Å². The monoisotopic (exact) mass is 377 g/mol. The first-order valence-electron chi connectivity index (χ1n) is 7.19. The van der Waals surface area contributed by atoms with E-state index in [-0.39, 0.29) is 34.8 Å². The average molecular weight is 378 g/mol. The van der Waals surface area contributed by atoms with Crippen molar-refractivity contribution in [2.24, 2.45) is 5.92 Å². The summed E-state index contributed by atoms with van der Waals surface area (Å²) in [5.74, 6) is -0.280. The second-order valence-corrected chi connectivity index (χ2v) is 7.81. The van der Waals surface area contributed by atoms with Gasteiger partial charge in [0.15, 0.2) is 9.84 Å². The molecule has 0 saturated carbocycles. The SMILES string of the molecule is CC1CNCCC1NC(=O)c1cc([N+](=O)[O-])cc(S(C)(=O)=O)c1.Cl. The van der Waals surface area contributed by atoms with Crippen molar-refractivity contribution in [1.29, 1.82) is 0 Å². The maximum absolute atomic E-state index is 12.4. The van der Waals surface area contributed by atoms with E-state index in [4.69, 9.17) is 0 Å². The molecule has 2 N–H and O–H groups in total. The number of nitro groups is 1. The third-order valence-corrected chi connectivity index (χ3v) is 4.99. The number of sulfone groups is 1. The smallest absolute Gasteiger partial charge is 0.271 e. The molecule has 24 heavy (non-hydrogen) atoms. The first kappa shape index (κ1) is 20.3. The van der Waals surface area contributed by atoms with E-state index >= 15 is 0 Å². The normalized spacial score (nSPS) is 20.8. The van der Waals surface area contributed by atoms with Crippen LogP contribution in [-0.4, -0.2) is 44.6 Å². The summed E-state index contributed by atoms with van der Waals surface area (Å²) in [4.78, 5) is 22.4. The van der Waals surface area contributed by atoms with E-state index in [0.717, 1.165) is 37.9 Å². The van der Waals surface area contributed by atoms with Crippen molar-refractivity contribution in [3.8, 4) is 0 Å². The number of nitrogens with one attached hydrogen (secondary N) is 2. The number of rotatable bonds is 4. The topological polar surface area (TPSA) is 118 Å². The zero-order valence-electron chi connectivity index (χ0n) is 13.3. The number of hydrogen-bond acceptors (Lipinski definition) is 6. The molecule has 1 saturated heterocycles. The predicted octanol–water partition coefficient (Wildman–Crippen LogP) is 1.15. The van der Waals surface area contributed by atoms with Crippen molar-refractivity contribution in [3.63, 3.8) is 0 Å². The Balaban J connectivity index is 0.00000288. The van der Waals surface area contributed by atoms with Crippen molar-refractivity contribution in [2.45, 2.75) is 24.3 Å². The summed E-state index contributed by atoms with van der Waals surface area (Å²) < 4.78 is 23.3. The fourth-order valence-electron chi connectivity index (χ4n) is 2.51. The molecule has 134 valence electrons. The maximum Gasteiger partial charge on any atom is 0.271 e. The second-order valence-electron chi connectivity index (χ2n) is 5.79. The van der Waals surface area contributed by atoms with Gasteiger partial charge >= 0.3 is 0 Å². The van der Waals surface area contributed by atoms with Crippen molar-refractivity contribution in [3.05, 3.63) is 33.9 Å². The lowest BCUT2D eigenvalue weighted by Crippen LogP contribution is -2.48. The lowest BCUT2D eigenvalue weighted by Gasteiger charge is -2.30. The van der Waals surface area contributed by atoms with E-state index in [1.54, 1.807) is 0 Å². The molecule has 0 bridgehead atoms. The summed E-state index contributed by atoms with van der Waals surface area (Å²) in [5.41, 5.74) is -0.443. The third kappa shape index (κ3) is 4.89. The minimum absolute atomic E-state index is 0. The van der Waals surface area contributed by atoms with Crippen LogP contribution in [0.4, 0.5) is 5.69 Å². The van der Waals surface area contributed by atoms with Crippen molar-refractivity contribution in [2.75, 3.05) is 19.3 Å². The van der Waals surface area contributed by atoms with Gasteiger partial charge in [-0.3, -0.25) is 14.9 Å². The molecule has 0 aliphatic carbocycles. The molecule has 10 heteroatoms. The van der Waals surface area contributed by atoms with Crippen molar-refractivity contribution >= 4 is 33.8 Å². The molecule has 0 spiro atoms. The highest BCUT2D eigenvalue weighted by Crippen LogP contribution is 2.21. The van der Waals surface area contributed by atoms with Crippen LogP contribution in [0.1, 0.15) is 23.7 Å². The Hall–Kier alpha value is -1.71. The van der Waals surface area contributed by atoms with Gasteiger partial charge in [0, 0.05) is 30.0 Å². The molecule has 1 fully saturated rings. The Morgan fingerprint density at radius 2 is 2.04 bits per heavy atom. The number of carbonyl (C=O) groups excluding carboxylic acids is 1. The van der Waals surface area contributed by atoms with Crippen LogP contribution in [0, 0.1) is 16.0 Å². The average Bonchev–Trinajstić information content (AvgIpc) is 2.48. The highest BCUT2D eigenvalue weighted by molar-refractivity contribution is 7.90. The Morgan fingerprint density at radius 3 is 2.58 bits per heavy atom. The molecular weight excluding hydrogens is 358 g/mol. The van der Waals surface area contributed by atoms with Crippen LogP contribution < -0.4 is 10.6 Å². The van der Waals surface area contributed by atoms with E-state index in [1.165, 1.54) is 6.07 Å². The maximum atomic E-state index is 12.4. The van der Waals surface area contributed by atoms with Crippen LogP contribution in [0.15, 0.2) is 23.1 Å². The number of carbonyl (C=O) groups is 1. The molecule has 1 aliphatic heterocycles. The third-order valence-electron chi connectivity index (χ3n) is 3.89. The van der Waals surface area contributed by atoms with Gasteiger partial charge in [0.1, 0.15) is 0 Å². The highest BCUT2D eigenvalue weighted by Gasteiger charge is 2.25. The van der Waals surface area contributed by atoms with Gasteiger partial charge < -0.3 is 10.6 Å². The Kier molecular flexibility index (Phi) is 6.70. The van der Waals surface area contributed by atoms with E-state index in [1.807, 2.05) is 6.92 Å². The van der Waals surface area contributed by atoms with Crippen LogP contribution in [0.2, 0.25) is 0 Å². The van der Waals surface area contributed by atoms with Crippen LogP contribution in [0.25, 0.3) is 0 Å². The van der Waals surface area contributed by atoms with Gasteiger partial charge in [-0.1, -0.05) is 6.92 Å². The Morgan fingerprint density at radius 1 is 1.38 bits per heavy atom. The summed E-state index contributed by atoms with van der Waals surface area (Å²) in [6, 6.07) is 3.17. The number of piperidine rings is 1. The molecule has 0 aromatic heterocycles. The molecule has 8 nitrogen and oxygen atoms in total. The van der Waals surface area contributed by atoms with Crippen LogP contribution >= 0.6 is 12.4 Å². The minimum Gasteiger partial charge on any atom is -0.349 e. The molecule has 1 aromatic rings. The van der Waals surface area contributed by atoms with Gasteiger partial charge in [0.25, 0.3) is 11.6 Å². The van der Waals surface area contributed by atoms with Gasteiger partial charge in [-0.05, 0) is 31.5 Å². The Bertz CT molecular complexity index is 738. The zero-order chi connectivity index (χ0) is 17.2. The fourth-order valence-corrected chi connectivity index (χ4v) is 3.19. The Labute approximate surface area is 146 Å². The molecule has 2 unspecified atom stereocenters. The summed E-state index contributed by atoms with van der Waals surface area (Å²) in [7, 11) is -3.65. The quantitative estimate of drug-likeness (QED) is 0.600. The predicted molar refractivity (Wildman–Crippen MR) is 91.4 cm³/mol. The number of amides is 1. The first-order valence-corrected chi connectivity index (χ1v) is 9.09. The molecule has 0 radical (unpaired) electrons. The van der Waals surface area contributed by atoms with Gasteiger partial charge in [-0.15, -0.1) is 12.4 Å². The van der Waals surface area contributed by atoms with Crippen LogP contribution in [-0.2, 0) is 9.84 Å². The van der Waals surface area contributed by atoms with Crippen LogP contribution in [0.3, 0.4) is 0 Å². The summed E-state index contributed by atoms with van der Waals surface area (Å²) in [6.07, 6.45) is 1.70. The standard InChI is InChI=1S/C14H19N3O5S.ClH/c1-9-8-15-4-3-13(9)16-14(18)10-5-11(17(19)20)7-12(6-10)23(2,21)22;/h5-7,9,13,15H,3-4,8H2,1-2H3,(H,16,18);1H. The summed E-state index contributed by atoms with van der Waals surface area (Å²) >= 11 is 0. The van der Waals surface area contributed by atoms with E-state index in [2.05, 4.69) is 10.6 Å². The molecule has 1 aromatic carbocycles. The molecule has 1 aliphatic rings. The second kappa shape index (κ2) is 7.91. The number of hydrogen-bond donors (Lipinski definition) is 2. The first-order chi connectivity index (χ1) is 10.7. The number of nitrogens with zero attached hydrogens (tertiary/aromatic N) is 1.